The second-order valence-corrected chi connectivity index (χ2v) is 9.17. The monoisotopic (exact) mass is 520 g/mol. The highest BCUT2D eigenvalue weighted by Gasteiger charge is 2.50. The van der Waals surface area contributed by atoms with Gasteiger partial charge in [-0.1, -0.05) is 97.1 Å². The van der Waals surface area contributed by atoms with Crippen LogP contribution in [0.25, 0.3) is 0 Å². The molecule has 7 nitrogen and oxygen atoms in total. The van der Waals surface area contributed by atoms with Crippen LogP contribution in [0.15, 0.2) is 104 Å². The SMILES string of the molecule is C=CCOC[C@H](O)[C@H]1O[C@@H](O)[C@@H](OCc2ccccc2)[C@@H](OCc2ccccc2)[C@@H]1OCc1ccccc1. The molecule has 0 saturated carbocycles. The van der Waals surface area contributed by atoms with Crippen LogP contribution >= 0.6 is 0 Å². The number of hydrogen-bond acceptors (Lipinski definition) is 7. The van der Waals surface area contributed by atoms with Crippen molar-refractivity contribution in [3.05, 3.63) is 120 Å². The molecule has 202 valence electrons. The van der Waals surface area contributed by atoms with E-state index < -0.39 is 36.8 Å². The van der Waals surface area contributed by atoms with Crippen molar-refractivity contribution in [1.29, 1.82) is 0 Å². The number of hydrogen-bond donors (Lipinski definition) is 2. The lowest BCUT2D eigenvalue weighted by molar-refractivity contribution is -0.325. The Hall–Kier alpha value is -2.88. The van der Waals surface area contributed by atoms with E-state index >= 15 is 0 Å². The minimum Gasteiger partial charge on any atom is -0.388 e. The average molecular weight is 521 g/mol. The van der Waals surface area contributed by atoms with Crippen molar-refractivity contribution in [1.82, 2.24) is 0 Å². The molecule has 0 spiro atoms. The standard InChI is InChI=1S/C31H36O7/c1-2-18-34-22-26(32)27-28(35-19-23-12-6-3-7-13-23)29(36-20-24-14-8-4-9-15-24)30(31(33)38-27)37-21-25-16-10-5-11-17-25/h2-17,26-33H,1,18-22H2/t26-,27+,28+,29-,30-,31+/m0/s1. The Bertz CT molecular complexity index is 1060. The van der Waals surface area contributed by atoms with Gasteiger partial charge in [-0.3, -0.25) is 0 Å². The number of aliphatic hydroxyl groups excluding tert-OH is 2. The summed E-state index contributed by atoms with van der Waals surface area (Å²) >= 11 is 0. The maximum atomic E-state index is 11.1. The molecule has 0 amide bonds. The van der Waals surface area contributed by atoms with Crippen molar-refractivity contribution >= 4 is 0 Å². The van der Waals surface area contributed by atoms with Crippen LogP contribution in [0.5, 0.6) is 0 Å². The molecule has 0 unspecified atom stereocenters. The van der Waals surface area contributed by atoms with E-state index in [1.54, 1.807) is 6.08 Å². The molecule has 1 aliphatic rings. The summed E-state index contributed by atoms with van der Waals surface area (Å²) in [5, 5.41) is 22.1. The van der Waals surface area contributed by atoms with Gasteiger partial charge < -0.3 is 33.9 Å². The summed E-state index contributed by atoms with van der Waals surface area (Å²) in [6, 6.07) is 29.1. The van der Waals surface area contributed by atoms with Gasteiger partial charge >= 0.3 is 0 Å². The van der Waals surface area contributed by atoms with Gasteiger partial charge in [-0.05, 0) is 16.7 Å². The summed E-state index contributed by atoms with van der Waals surface area (Å²) in [6.07, 6.45) is -4.12. The topological polar surface area (TPSA) is 86.6 Å². The first-order chi connectivity index (χ1) is 18.7. The number of benzene rings is 3. The number of rotatable bonds is 14. The lowest BCUT2D eigenvalue weighted by Gasteiger charge is -2.45. The molecule has 1 heterocycles. The summed E-state index contributed by atoms with van der Waals surface area (Å²) < 4.78 is 30.4. The minimum atomic E-state index is -1.35. The highest BCUT2D eigenvalue weighted by Crippen LogP contribution is 2.31. The van der Waals surface area contributed by atoms with Gasteiger partial charge in [0.1, 0.15) is 30.5 Å². The minimum absolute atomic E-state index is 0.0183. The normalized spacial score (nSPS) is 24.1. The molecule has 0 radical (unpaired) electrons. The smallest absolute Gasteiger partial charge is 0.184 e. The number of ether oxygens (including phenoxy) is 5. The Morgan fingerprint density at radius 1 is 0.711 bits per heavy atom. The van der Waals surface area contributed by atoms with E-state index in [1.807, 2.05) is 91.0 Å². The van der Waals surface area contributed by atoms with Gasteiger partial charge in [0.2, 0.25) is 0 Å². The Balaban J connectivity index is 1.58. The third-order valence-electron chi connectivity index (χ3n) is 6.31. The molecule has 38 heavy (non-hydrogen) atoms. The van der Waals surface area contributed by atoms with Gasteiger partial charge in [0, 0.05) is 0 Å². The van der Waals surface area contributed by atoms with Gasteiger partial charge in [0.05, 0.1) is 33.0 Å². The van der Waals surface area contributed by atoms with Crippen LogP contribution in [-0.2, 0) is 43.5 Å². The Morgan fingerprint density at radius 3 is 1.63 bits per heavy atom. The van der Waals surface area contributed by atoms with Crippen LogP contribution in [-0.4, -0.2) is 60.2 Å². The van der Waals surface area contributed by atoms with Crippen molar-refractivity contribution in [2.24, 2.45) is 0 Å². The fourth-order valence-electron chi connectivity index (χ4n) is 4.39. The van der Waals surface area contributed by atoms with Gasteiger partial charge in [0.25, 0.3) is 0 Å². The highest BCUT2D eigenvalue weighted by atomic mass is 16.7. The zero-order valence-corrected chi connectivity index (χ0v) is 21.4. The average Bonchev–Trinajstić information content (AvgIpc) is 2.96. The van der Waals surface area contributed by atoms with Crippen LogP contribution in [0.4, 0.5) is 0 Å². The van der Waals surface area contributed by atoms with Gasteiger partial charge in [-0.25, -0.2) is 0 Å². The fourth-order valence-corrected chi connectivity index (χ4v) is 4.39. The quantitative estimate of drug-likeness (QED) is 0.245. The Morgan fingerprint density at radius 2 is 1.16 bits per heavy atom. The molecular formula is C31H36O7. The van der Waals surface area contributed by atoms with E-state index in [0.717, 1.165) is 16.7 Å². The molecule has 1 saturated heterocycles. The van der Waals surface area contributed by atoms with E-state index in [-0.39, 0.29) is 33.0 Å². The molecule has 2 N–H and O–H groups in total. The predicted octanol–water partition coefficient (Wildman–Crippen LogP) is 4.02. The van der Waals surface area contributed by atoms with E-state index in [1.165, 1.54) is 0 Å². The molecule has 0 bridgehead atoms. The third-order valence-corrected chi connectivity index (χ3v) is 6.31. The lowest BCUT2D eigenvalue weighted by Crippen LogP contribution is -2.63. The summed E-state index contributed by atoms with van der Waals surface area (Å²) in [6.45, 7) is 4.68. The summed E-state index contributed by atoms with van der Waals surface area (Å²) in [5.41, 5.74) is 2.87. The largest absolute Gasteiger partial charge is 0.388 e. The molecule has 0 aromatic heterocycles. The lowest BCUT2D eigenvalue weighted by atomic mass is 9.94. The molecule has 1 fully saturated rings. The summed E-state index contributed by atoms with van der Waals surface area (Å²) in [7, 11) is 0. The van der Waals surface area contributed by atoms with E-state index in [2.05, 4.69) is 6.58 Å². The maximum Gasteiger partial charge on any atom is 0.184 e. The first-order valence-electron chi connectivity index (χ1n) is 12.8. The van der Waals surface area contributed by atoms with Gasteiger partial charge in [-0.15, -0.1) is 6.58 Å². The zero-order chi connectivity index (χ0) is 26.6. The van der Waals surface area contributed by atoms with Crippen LogP contribution in [0.3, 0.4) is 0 Å². The molecule has 3 aromatic rings. The van der Waals surface area contributed by atoms with E-state index in [0.29, 0.717) is 0 Å². The van der Waals surface area contributed by atoms with Crippen molar-refractivity contribution < 1.29 is 33.9 Å². The second kappa shape index (κ2) is 14.9. The zero-order valence-electron chi connectivity index (χ0n) is 21.4. The highest BCUT2D eigenvalue weighted by molar-refractivity contribution is 5.15. The maximum absolute atomic E-state index is 11.1. The van der Waals surface area contributed by atoms with Crippen molar-refractivity contribution in [2.75, 3.05) is 13.2 Å². The Labute approximate surface area is 224 Å². The molecule has 6 atom stereocenters. The van der Waals surface area contributed by atoms with E-state index in [9.17, 15) is 10.2 Å². The first-order valence-corrected chi connectivity index (χ1v) is 12.8. The molecular weight excluding hydrogens is 484 g/mol. The third kappa shape index (κ3) is 8.06. The van der Waals surface area contributed by atoms with Gasteiger partial charge in [0.15, 0.2) is 6.29 Å². The summed E-state index contributed by atoms with van der Waals surface area (Å²) in [5.74, 6) is 0. The molecule has 4 rings (SSSR count). The molecule has 7 heteroatoms. The van der Waals surface area contributed by atoms with Crippen LogP contribution in [0, 0.1) is 0 Å². The Kier molecular flexibility index (Phi) is 11.0. The number of aliphatic hydroxyl groups is 2. The van der Waals surface area contributed by atoms with E-state index in [4.69, 9.17) is 23.7 Å². The fraction of sp³-hybridized carbons (Fsp3) is 0.355. The van der Waals surface area contributed by atoms with Crippen molar-refractivity contribution in [3.63, 3.8) is 0 Å². The second-order valence-electron chi connectivity index (χ2n) is 9.17. The van der Waals surface area contributed by atoms with Crippen molar-refractivity contribution in [3.8, 4) is 0 Å². The predicted molar refractivity (Wildman–Crippen MR) is 143 cm³/mol. The van der Waals surface area contributed by atoms with Crippen LogP contribution in [0.1, 0.15) is 16.7 Å². The van der Waals surface area contributed by atoms with Crippen LogP contribution < -0.4 is 0 Å². The van der Waals surface area contributed by atoms with Gasteiger partial charge in [-0.2, -0.15) is 0 Å². The molecule has 1 aliphatic heterocycles. The molecule has 3 aromatic carbocycles. The first kappa shape index (κ1) is 28.1. The summed E-state index contributed by atoms with van der Waals surface area (Å²) in [4.78, 5) is 0. The molecule has 0 aliphatic carbocycles. The van der Waals surface area contributed by atoms with Crippen LogP contribution in [0.2, 0.25) is 0 Å². The van der Waals surface area contributed by atoms with Crippen molar-refractivity contribution in [2.45, 2.75) is 56.6 Å².